The standard InChI is InChI=1S/C21H22N2O7/c1-27-14-4-7-17(18(10-14)28-2)23-20(25)11-30-21(26)12-29-15-5-6-16-13(9-15)3-8-19(24)22-16/h4-7,9-10H,3,8,11-12H2,1-2H3,(H,22,24)(H,23,25). The average Bonchev–Trinajstić information content (AvgIpc) is 2.76. The van der Waals surface area contributed by atoms with Gasteiger partial charge in [-0.15, -0.1) is 0 Å². The number of aryl methyl sites for hydroxylation is 1. The molecule has 0 radical (unpaired) electrons. The number of esters is 1. The van der Waals surface area contributed by atoms with E-state index in [-0.39, 0.29) is 12.5 Å². The van der Waals surface area contributed by atoms with E-state index < -0.39 is 18.5 Å². The van der Waals surface area contributed by atoms with Crippen LogP contribution in [0.25, 0.3) is 0 Å². The lowest BCUT2D eigenvalue weighted by atomic mass is 10.0. The van der Waals surface area contributed by atoms with Crippen molar-refractivity contribution in [2.45, 2.75) is 12.8 Å². The molecule has 1 aliphatic heterocycles. The second-order valence-corrected chi connectivity index (χ2v) is 6.43. The first-order chi connectivity index (χ1) is 14.5. The van der Waals surface area contributed by atoms with Gasteiger partial charge in [-0.1, -0.05) is 0 Å². The predicted molar refractivity (Wildman–Crippen MR) is 108 cm³/mol. The average molecular weight is 414 g/mol. The number of amides is 2. The van der Waals surface area contributed by atoms with Gasteiger partial charge in [-0.2, -0.15) is 0 Å². The zero-order valence-corrected chi connectivity index (χ0v) is 16.7. The minimum atomic E-state index is -0.683. The first-order valence-electron chi connectivity index (χ1n) is 9.21. The molecule has 0 unspecified atom stereocenters. The van der Waals surface area contributed by atoms with Gasteiger partial charge in [0.1, 0.15) is 17.2 Å². The molecule has 0 bridgehead atoms. The Kier molecular flexibility index (Phi) is 6.74. The summed E-state index contributed by atoms with van der Waals surface area (Å²) in [5, 5.41) is 5.38. The number of carbonyl (C=O) groups is 3. The van der Waals surface area contributed by atoms with E-state index in [9.17, 15) is 14.4 Å². The molecule has 158 valence electrons. The number of methoxy groups -OCH3 is 2. The molecule has 2 aromatic rings. The van der Waals surface area contributed by atoms with Crippen molar-refractivity contribution >= 4 is 29.2 Å². The summed E-state index contributed by atoms with van der Waals surface area (Å²) >= 11 is 0. The van der Waals surface area contributed by atoms with Gasteiger partial charge in [-0.3, -0.25) is 9.59 Å². The number of carbonyl (C=O) groups excluding carboxylic acids is 3. The first kappa shape index (κ1) is 21.0. The van der Waals surface area contributed by atoms with Gasteiger partial charge in [0.05, 0.1) is 19.9 Å². The van der Waals surface area contributed by atoms with E-state index in [2.05, 4.69) is 10.6 Å². The molecule has 3 rings (SSSR count). The number of hydrogen-bond acceptors (Lipinski definition) is 7. The summed E-state index contributed by atoms with van der Waals surface area (Å²) in [6, 6.07) is 10.1. The Morgan fingerprint density at radius 3 is 2.57 bits per heavy atom. The van der Waals surface area contributed by atoms with Crippen molar-refractivity contribution < 1.29 is 33.3 Å². The molecule has 0 aliphatic carbocycles. The Bertz CT molecular complexity index is 958. The van der Waals surface area contributed by atoms with Gasteiger partial charge in [0.15, 0.2) is 13.2 Å². The fourth-order valence-electron chi connectivity index (χ4n) is 2.87. The van der Waals surface area contributed by atoms with E-state index >= 15 is 0 Å². The van der Waals surface area contributed by atoms with Gasteiger partial charge in [-0.05, 0) is 42.3 Å². The predicted octanol–water partition coefficient (Wildman–Crippen LogP) is 2.15. The molecule has 0 fully saturated rings. The number of benzene rings is 2. The first-order valence-corrected chi connectivity index (χ1v) is 9.21. The summed E-state index contributed by atoms with van der Waals surface area (Å²) in [5.74, 6) is 0.257. The lowest BCUT2D eigenvalue weighted by Crippen LogP contribution is -2.24. The molecular weight excluding hydrogens is 392 g/mol. The molecule has 1 aliphatic rings. The van der Waals surface area contributed by atoms with Crippen molar-refractivity contribution in [1.82, 2.24) is 0 Å². The smallest absolute Gasteiger partial charge is 0.344 e. The van der Waals surface area contributed by atoms with E-state index in [0.29, 0.717) is 35.8 Å². The van der Waals surface area contributed by atoms with E-state index in [4.69, 9.17) is 18.9 Å². The summed E-state index contributed by atoms with van der Waals surface area (Å²) in [7, 11) is 2.99. The van der Waals surface area contributed by atoms with Crippen LogP contribution in [-0.2, 0) is 25.5 Å². The Morgan fingerprint density at radius 2 is 1.80 bits per heavy atom. The normalized spacial score (nSPS) is 12.3. The van der Waals surface area contributed by atoms with Crippen LogP contribution in [-0.4, -0.2) is 45.2 Å². The van der Waals surface area contributed by atoms with Crippen LogP contribution in [0.5, 0.6) is 17.2 Å². The number of rotatable bonds is 8. The molecular formula is C21H22N2O7. The molecule has 1 heterocycles. The second kappa shape index (κ2) is 9.64. The summed E-state index contributed by atoms with van der Waals surface area (Å²) in [4.78, 5) is 35.3. The third kappa shape index (κ3) is 5.40. The van der Waals surface area contributed by atoms with E-state index in [1.54, 1.807) is 36.4 Å². The minimum absolute atomic E-state index is 0.0229. The highest BCUT2D eigenvalue weighted by molar-refractivity contribution is 5.95. The Morgan fingerprint density at radius 1 is 1.00 bits per heavy atom. The summed E-state index contributed by atoms with van der Waals surface area (Å²) in [6.45, 7) is -0.808. The van der Waals surface area contributed by atoms with E-state index in [1.165, 1.54) is 14.2 Å². The van der Waals surface area contributed by atoms with Crippen LogP contribution in [0.2, 0.25) is 0 Å². The lowest BCUT2D eigenvalue weighted by molar-refractivity contribution is -0.149. The maximum atomic E-state index is 12.1. The molecule has 0 atom stereocenters. The summed E-state index contributed by atoms with van der Waals surface area (Å²) in [6.07, 6.45) is 1.02. The highest BCUT2D eigenvalue weighted by Gasteiger charge is 2.16. The highest BCUT2D eigenvalue weighted by Crippen LogP contribution is 2.29. The van der Waals surface area contributed by atoms with Crippen LogP contribution in [0, 0.1) is 0 Å². The van der Waals surface area contributed by atoms with Crippen molar-refractivity contribution in [3.05, 3.63) is 42.0 Å². The molecule has 2 amide bonds. The van der Waals surface area contributed by atoms with Gasteiger partial charge in [0.2, 0.25) is 5.91 Å². The molecule has 9 nitrogen and oxygen atoms in total. The lowest BCUT2D eigenvalue weighted by Gasteiger charge is -2.17. The van der Waals surface area contributed by atoms with Gasteiger partial charge in [-0.25, -0.2) is 4.79 Å². The highest BCUT2D eigenvalue weighted by atomic mass is 16.6. The van der Waals surface area contributed by atoms with Crippen molar-refractivity contribution in [3.63, 3.8) is 0 Å². The molecule has 0 aromatic heterocycles. The SMILES string of the molecule is COc1ccc(NC(=O)COC(=O)COc2ccc3c(c2)CCC(=O)N3)c(OC)c1. The third-order valence-corrected chi connectivity index (χ3v) is 4.38. The van der Waals surface area contributed by atoms with Crippen LogP contribution in [0.1, 0.15) is 12.0 Å². The molecule has 2 aromatic carbocycles. The van der Waals surface area contributed by atoms with E-state index in [0.717, 1.165) is 11.3 Å². The Balaban J connectivity index is 1.46. The Labute approximate surface area is 173 Å². The molecule has 0 saturated heterocycles. The molecule has 9 heteroatoms. The fraction of sp³-hybridized carbons (Fsp3) is 0.286. The van der Waals surface area contributed by atoms with Crippen LogP contribution in [0.3, 0.4) is 0 Å². The number of hydrogen-bond donors (Lipinski definition) is 2. The summed E-state index contributed by atoms with van der Waals surface area (Å²) in [5.41, 5.74) is 2.11. The van der Waals surface area contributed by atoms with Crippen molar-refractivity contribution in [3.8, 4) is 17.2 Å². The van der Waals surface area contributed by atoms with E-state index in [1.807, 2.05) is 0 Å². The fourth-order valence-corrected chi connectivity index (χ4v) is 2.87. The maximum absolute atomic E-state index is 12.1. The largest absolute Gasteiger partial charge is 0.497 e. The number of nitrogens with one attached hydrogen (secondary N) is 2. The quantitative estimate of drug-likeness (QED) is 0.637. The number of ether oxygens (including phenoxy) is 4. The number of anilines is 2. The molecule has 0 saturated carbocycles. The van der Waals surface area contributed by atoms with Gasteiger partial charge >= 0.3 is 5.97 Å². The van der Waals surface area contributed by atoms with Crippen molar-refractivity contribution in [1.29, 1.82) is 0 Å². The van der Waals surface area contributed by atoms with Crippen LogP contribution >= 0.6 is 0 Å². The van der Waals surface area contributed by atoms with Gasteiger partial charge in [0, 0.05) is 18.2 Å². The topological polar surface area (TPSA) is 112 Å². The van der Waals surface area contributed by atoms with Crippen molar-refractivity contribution in [2.24, 2.45) is 0 Å². The van der Waals surface area contributed by atoms with Crippen LogP contribution in [0.4, 0.5) is 11.4 Å². The Hall–Kier alpha value is -3.75. The number of fused-ring (bicyclic) bond motifs is 1. The summed E-state index contributed by atoms with van der Waals surface area (Å²) < 4.78 is 20.7. The third-order valence-electron chi connectivity index (χ3n) is 4.38. The monoisotopic (exact) mass is 414 g/mol. The minimum Gasteiger partial charge on any atom is -0.497 e. The second-order valence-electron chi connectivity index (χ2n) is 6.43. The molecule has 30 heavy (non-hydrogen) atoms. The van der Waals surface area contributed by atoms with Gasteiger partial charge in [0.25, 0.3) is 5.91 Å². The zero-order valence-electron chi connectivity index (χ0n) is 16.7. The maximum Gasteiger partial charge on any atom is 0.344 e. The van der Waals surface area contributed by atoms with Gasteiger partial charge < -0.3 is 29.6 Å². The van der Waals surface area contributed by atoms with Crippen LogP contribution < -0.4 is 24.8 Å². The molecule has 2 N–H and O–H groups in total. The van der Waals surface area contributed by atoms with Crippen LogP contribution in [0.15, 0.2) is 36.4 Å². The van der Waals surface area contributed by atoms with Crippen molar-refractivity contribution in [2.75, 3.05) is 38.1 Å². The zero-order chi connectivity index (χ0) is 21.5. The molecule has 0 spiro atoms.